The maximum absolute atomic E-state index is 12.0. The third-order valence-electron chi connectivity index (χ3n) is 3.72. The molecule has 1 aromatic rings. The lowest BCUT2D eigenvalue weighted by atomic mass is 9.96. The molecule has 3 N–H and O–H groups in total. The van der Waals surface area contributed by atoms with Crippen molar-refractivity contribution in [2.75, 3.05) is 26.2 Å². The minimum absolute atomic E-state index is 0. The number of carbonyl (C=O) groups excluding carboxylic acids is 1. The molecule has 0 bridgehead atoms. The second-order valence-electron chi connectivity index (χ2n) is 5.39. The van der Waals surface area contributed by atoms with Crippen molar-refractivity contribution in [2.45, 2.75) is 19.4 Å². The number of rotatable bonds is 5. The Morgan fingerprint density at radius 3 is 2.91 bits per heavy atom. The lowest BCUT2D eigenvalue weighted by molar-refractivity contribution is -0.126. The van der Waals surface area contributed by atoms with Gasteiger partial charge in [0.25, 0.3) is 0 Å². The van der Waals surface area contributed by atoms with Crippen LogP contribution < -0.4 is 11.1 Å². The molecule has 22 heavy (non-hydrogen) atoms. The molecule has 0 aliphatic carbocycles. The molecule has 0 saturated carbocycles. The summed E-state index contributed by atoms with van der Waals surface area (Å²) in [4.78, 5) is 14.3. The van der Waals surface area contributed by atoms with E-state index in [4.69, 9.17) is 28.9 Å². The van der Waals surface area contributed by atoms with E-state index < -0.39 is 0 Å². The molecule has 1 aromatic carbocycles. The summed E-state index contributed by atoms with van der Waals surface area (Å²) in [6.07, 6.45) is 1.94. The van der Waals surface area contributed by atoms with Gasteiger partial charge in [-0.3, -0.25) is 9.69 Å². The van der Waals surface area contributed by atoms with E-state index >= 15 is 0 Å². The Labute approximate surface area is 147 Å². The lowest BCUT2D eigenvalue weighted by Crippen LogP contribution is -2.43. The molecule has 0 radical (unpaired) electrons. The zero-order valence-electron chi connectivity index (χ0n) is 12.4. The van der Waals surface area contributed by atoms with Crippen molar-refractivity contribution >= 4 is 41.5 Å². The summed E-state index contributed by atoms with van der Waals surface area (Å²) < 4.78 is 0. The van der Waals surface area contributed by atoms with Crippen LogP contribution in [0.25, 0.3) is 0 Å². The Kier molecular flexibility index (Phi) is 8.50. The fraction of sp³-hybridized carbons (Fsp3) is 0.533. The summed E-state index contributed by atoms with van der Waals surface area (Å²) in [5, 5.41) is 4.27. The maximum atomic E-state index is 12.0. The van der Waals surface area contributed by atoms with Crippen molar-refractivity contribution in [1.29, 1.82) is 0 Å². The number of benzene rings is 1. The number of nitrogens with one attached hydrogen (secondary N) is 1. The van der Waals surface area contributed by atoms with Gasteiger partial charge in [-0.1, -0.05) is 23.2 Å². The first-order valence-electron chi connectivity index (χ1n) is 7.24. The van der Waals surface area contributed by atoms with Gasteiger partial charge in [0, 0.05) is 36.2 Å². The highest BCUT2D eigenvalue weighted by Gasteiger charge is 2.25. The largest absolute Gasteiger partial charge is 0.355 e. The first-order valence-corrected chi connectivity index (χ1v) is 8.00. The predicted octanol–water partition coefficient (Wildman–Crippen LogP) is 2.70. The van der Waals surface area contributed by atoms with Gasteiger partial charge in [-0.15, -0.1) is 12.4 Å². The van der Waals surface area contributed by atoms with Crippen LogP contribution in [0, 0.1) is 5.92 Å². The van der Waals surface area contributed by atoms with E-state index in [2.05, 4.69) is 10.2 Å². The van der Waals surface area contributed by atoms with Crippen molar-refractivity contribution in [3.05, 3.63) is 33.8 Å². The molecule has 1 atom stereocenters. The highest BCUT2D eigenvalue weighted by atomic mass is 35.5. The molecule has 0 spiro atoms. The first kappa shape index (κ1) is 19.5. The molecule has 1 unspecified atom stereocenters. The Morgan fingerprint density at radius 2 is 2.18 bits per heavy atom. The van der Waals surface area contributed by atoms with Gasteiger partial charge in [0.15, 0.2) is 0 Å². The summed E-state index contributed by atoms with van der Waals surface area (Å²) in [6, 6.07) is 5.49. The van der Waals surface area contributed by atoms with E-state index in [0.29, 0.717) is 23.1 Å². The van der Waals surface area contributed by atoms with Gasteiger partial charge in [0.1, 0.15) is 0 Å². The molecule has 1 heterocycles. The van der Waals surface area contributed by atoms with Gasteiger partial charge in [0.2, 0.25) is 5.91 Å². The van der Waals surface area contributed by atoms with Crippen LogP contribution in [0.2, 0.25) is 10.0 Å². The summed E-state index contributed by atoms with van der Waals surface area (Å²) in [5.74, 6) is 0.130. The quantitative estimate of drug-likeness (QED) is 0.842. The Bertz CT molecular complexity index is 499. The molecule has 1 fully saturated rings. The van der Waals surface area contributed by atoms with Crippen LogP contribution in [-0.2, 0) is 11.3 Å². The van der Waals surface area contributed by atoms with Crippen molar-refractivity contribution in [3.8, 4) is 0 Å². The Hall–Kier alpha value is -0.520. The SMILES string of the molecule is Cl.NCCNC(=O)C1CCCN(Cc2cc(Cl)ccc2Cl)C1. The summed E-state index contributed by atoms with van der Waals surface area (Å²) in [7, 11) is 0. The van der Waals surface area contributed by atoms with Gasteiger partial charge in [-0.2, -0.15) is 0 Å². The number of hydrogen-bond acceptors (Lipinski definition) is 3. The molecule has 7 heteroatoms. The molecule has 4 nitrogen and oxygen atoms in total. The summed E-state index contributed by atoms with van der Waals surface area (Å²) >= 11 is 12.2. The maximum Gasteiger partial charge on any atom is 0.224 e. The number of likely N-dealkylation sites (tertiary alicyclic amines) is 1. The smallest absolute Gasteiger partial charge is 0.224 e. The minimum atomic E-state index is 0. The molecule has 1 saturated heterocycles. The molecule has 1 aliphatic rings. The fourth-order valence-electron chi connectivity index (χ4n) is 2.66. The van der Waals surface area contributed by atoms with Crippen LogP contribution in [0.15, 0.2) is 18.2 Å². The highest BCUT2D eigenvalue weighted by molar-refractivity contribution is 6.33. The Morgan fingerprint density at radius 1 is 1.41 bits per heavy atom. The number of piperidine rings is 1. The van der Waals surface area contributed by atoms with Crippen LogP contribution in [-0.4, -0.2) is 37.0 Å². The van der Waals surface area contributed by atoms with Crippen molar-refractivity contribution in [3.63, 3.8) is 0 Å². The van der Waals surface area contributed by atoms with E-state index in [1.54, 1.807) is 6.07 Å². The second kappa shape index (κ2) is 9.58. The van der Waals surface area contributed by atoms with Crippen LogP contribution in [0.5, 0.6) is 0 Å². The summed E-state index contributed by atoms with van der Waals surface area (Å²) in [5.41, 5.74) is 6.42. The molecule has 2 rings (SSSR count). The molecule has 0 aromatic heterocycles. The van der Waals surface area contributed by atoms with E-state index in [1.807, 2.05) is 12.1 Å². The third kappa shape index (κ3) is 5.60. The molecule has 124 valence electrons. The molecular formula is C15H22Cl3N3O. The average molecular weight is 367 g/mol. The van der Waals surface area contributed by atoms with Gasteiger partial charge in [0.05, 0.1) is 5.92 Å². The number of nitrogens with two attached hydrogens (primary N) is 1. The van der Waals surface area contributed by atoms with Crippen LogP contribution in [0.4, 0.5) is 0 Å². The number of halogens is 3. The second-order valence-corrected chi connectivity index (χ2v) is 6.23. The zero-order valence-corrected chi connectivity index (χ0v) is 14.7. The summed E-state index contributed by atoms with van der Waals surface area (Å²) in [6.45, 7) is 3.46. The number of nitrogens with zero attached hydrogens (tertiary/aromatic N) is 1. The predicted molar refractivity (Wildman–Crippen MR) is 93.8 cm³/mol. The molecular weight excluding hydrogens is 345 g/mol. The average Bonchev–Trinajstić information content (AvgIpc) is 2.49. The van der Waals surface area contributed by atoms with Crippen LogP contribution >= 0.6 is 35.6 Å². The zero-order chi connectivity index (χ0) is 15.2. The van der Waals surface area contributed by atoms with Gasteiger partial charge in [-0.25, -0.2) is 0 Å². The highest BCUT2D eigenvalue weighted by Crippen LogP contribution is 2.24. The minimum Gasteiger partial charge on any atom is -0.355 e. The van der Waals surface area contributed by atoms with E-state index in [0.717, 1.165) is 38.0 Å². The van der Waals surface area contributed by atoms with Crippen molar-refractivity contribution in [2.24, 2.45) is 11.7 Å². The van der Waals surface area contributed by atoms with Crippen molar-refractivity contribution < 1.29 is 4.79 Å². The topological polar surface area (TPSA) is 58.4 Å². The molecule has 1 aliphatic heterocycles. The number of carbonyl (C=O) groups is 1. The molecule has 1 amide bonds. The van der Waals surface area contributed by atoms with Crippen LogP contribution in [0.1, 0.15) is 18.4 Å². The monoisotopic (exact) mass is 365 g/mol. The third-order valence-corrected chi connectivity index (χ3v) is 4.33. The lowest BCUT2D eigenvalue weighted by Gasteiger charge is -2.32. The van der Waals surface area contributed by atoms with Crippen LogP contribution in [0.3, 0.4) is 0 Å². The number of amides is 1. The fourth-order valence-corrected chi connectivity index (χ4v) is 3.03. The van der Waals surface area contributed by atoms with E-state index in [1.165, 1.54) is 0 Å². The standard InChI is InChI=1S/C15H21Cl2N3O.ClH/c16-13-3-4-14(17)12(8-13)10-20-7-1-2-11(9-20)15(21)19-6-5-18;/h3-4,8,11H,1-2,5-7,9-10,18H2,(H,19,21);1H. The van der Waals surface area contributed by atoms with Crippen molar-refractivity contribution in [1.82, 2.24) is 10.2 Å². The van der Waals surface area contributed by atoms with E-state index in [-0.39, 0.29) is 24.2 Å². The van der Waals surface area contributed by atoms with Gasteiger partial charge >= 0.3 is 0 Å². The van der Waals surface area contributed by atoms with E-state index in [9.17, 15) is 4.79 Å². The number of hydrogen-bond donors (Lipinski definition) is 2. The van der Waals surface area contributed by atoms with Gasteiger partial charge in [-0.05, 0) is 43.1 Å². The first-order chi connectivity index (χ1) is 10.1. The normalized spacial score (nSPS) is 18.6. The van der Waals surface area contributed by atoms with Gasteiger partial charge < -0.3 is 11.1 Å². The Balaban J connectivity index is 0.00000242.